The van der Waals surface area contributed by atoms with Crippen molar-refractivity contribution in [3.05, 3.63) is 60.0 Å². The number of aromatic nitrogens is 2. The normalized spacial score (nSPS) is 20.5. The van der Waals surface area contributed by atoms with Crippen molar-refractivity contribution >= 4 is 17.8 Å². The second-order valence-corrected chi connectivity index (χ2v) is 8.71. The molecule has 3 atom stereocenters. The fourth-order valence-corrected chi connectivity index (χ4v) is 4.58. The number of nitrogens with zero attached hydrogens (tertiary/aromatic N) is 4. The molecule has 1 aromatic carbocycles. The number of carbonyl (C=O) groups excluding carboxylic acids is 3. The molecule has 13 nitrogen and oxygen atoms in total. The number of ether oxygens (including phenoxy) is 3. The summed E-state index contributed by atoms with van der Waals surface area (Å²) in [5.41, 5.74) is 7.62. The molecule has 0 radical (unpaired) electrons. The van der Waals surface area contributed by atoms with Crippen LogP contribution in [0.1, 0.15) is 28.8 Å². The van der Waals surface area contributed by atoms with Crippen LogP contribution in [0.25, 0.3) is 0 Å². The van der Waals surface area contributed by atoms with Crippen LogP contribution in [0.15, 0.2) is 46.1 Å². The van der Waals surface area contributed by atoms with E-state index in [0.717, 1.165) is 5.56 Å². The molecule has 5 heterocycles. The van der Waals surface area contributed by atoms with Crippen molar-refractivity contribution < 1.29 is 37.4 Å². The van der Waals surface area contributed by atoms with Crippen LogP contribution in [-0.4, -0.2) is 77.1 Å². The highest BCUT2D eigenvalue weighted by atomic mass is 16.7. The Hall–Kier alpha value is -4.39. The first-order chi connectivity index (χ1) is 17.9. The molecular weight excluding hydrogens is 486 g/mol. The van der Waals surface area contributed by atoms with E-state index >= 15 is 0 Å². The van der Waals surface area contributed by atoms with E-state index in [2.05, 4.69) is 14.7 Å². The number of rotatable bonds is 4. The van der Waals surface area contributed by atoms with Crippen LogP contribution < -0.4 is 15.2 Å². The third-order valence-corrected chi connectivity index (χ3v) is 6.37. The largest absolute Gasteiger partial charge is 0.468 e. The van der Waals surface area contributed by atoms with E-state index in [1.54, 1.807) is 18.0 Å². The molecular formula is C24H25N5O8. The average molecular weight is 511 g/mol. The Morgan fingerprint density at radius 2 is 2.03 bits per heavy atom. The second-order valence-electron chi connectivity index (χ2n) is 8.71. The van der Waals surface area contributed by atoms with Gasteiger partial charge in [-0.1, -0.05) is 6.07 Å². The van der Waals surface area contributed by atoms with E-state index in [1.807, 2.05) is 12.1 Å². The first-order valence-corrected chi connectivity index (χ1v) is 11.5. The van der Waals surface area contributed by atoms with Crippen LogP contribution in [-0.2, 0) is 32.0 Å². The minimum atomic E-state index is -0.667. The Balaban J connectivity index is 0.000000198. The minimum Gasteiger partial charge on any atom is -0.468 e. The van der Waals surface area contributed by atoms with Gasteiger partial charge in [-0.2, -0.15) is 0 Å². The highest BCUT2D eigenvalue weighted by molar-refractivity contribution is 5.95. The van der Waals surface area contributed by atoms with Gasteiger partial charge in [0.25, 0.3) is 0 Å². The summed E-state index contributed by atoms with van der Waals surface area (Å²) >= 11 is 0. The molecule has 6 rings (SSSR count). The van der Waals surface area contributed by atoms with E-state index in [0.29, 0.717) is 41.5 Å². The predicted octanol–water partition coefficient (Wildman–Crippen LogP) is 0.435. The summed E-state index contributed by atoms with van der Waals surface area (Å²) in [6.07, 6.45) is 4.80. The predicted molar refractivity (Wildman–Crippen MR) is 123 cm³/mol. The summed E-state index contributed by atoms with van der Waals surface area (Å²) in [4.78, 5) is 47.4. The van der Waals surface area contributed by atoms with Gasteiger partial charge < -0.3 is 38.6 Å². The number of hydrogen-bond donors (Lipinski definition) is 1. The molecule has 3 aliphatic rings. The molecule has 13 heteroatoms. The third-order valence-electron chi connectivity index (χ3n) is 6.37. The molecule has 0 saturated carbocycles. The van der Waals surface area contributed by atoms with Gasteiger partial charge in [-0.15, -0.1) is 0 Å². The summed E-state index contributed by atoms with van der Waals surface area (Å²) < 4.78 is 25.6. The van der Waals surface area contributed by atoms with E-state index in [4.69, 9.17) is 24.0 Å². The summed E-state index contributed by atoms with van der Waals surface area (Å²) in [6, 6.07) is 3.76. The monoisotopic (exact) mass is 511 g/mol. The molecule has 0 bridgehead atoms. The number of nitrogens with two attached hydrogens (primary N) is 1. The van der Waals surface area contributed by atoms with Gasteiger partial charge in [0.1, 0.15) is 24.4 Å². The lowest BCUT2D eigenvalue weighted by Crippen LogP contribution is -2.62. The van der Waals surface area contributed by atoms with Gasteiger partial charge in [-0.3, -0.25) is 14.4 Å². The summed E-state index contributed by atoms with van der Waals surface area (Å²) in [5.74, 6) is 1.23. The number of benzene rings is 1. The van der Waals surface area contributed by atoms with Gasteiger partial charge in [0.15, 0.2) is 30.0 Å². The topological polar surface area (TPSA) is 163 Å². The fourth-order valence-electron chi connectivity index (χ4n) is 4.58. The van der Waals surface area contributed by atoms with E-state index in [9.17, 15) is 14.4 Å². The average Bonchev–Trinajstić information content (AvgIpc) is 3.67. The lowest BCUT2D eigenvalue weighted by atomic mass is 9.89. The molecule has 0 spiro atoms. The van der Waals surface area contributed by atoms with Gasteiger partial charge in [0, 0.05) is 19.9 Å². The van der Waals surface area contributed by atoms with Crippen LogP contribution in [0.2, 0.25) is 0 Å². The van der Waals surface area contributed by atoms with Crippen LogP contribution in [0.5, 0.6) is 11.5 Å². The van der Waals surface area contributed by atoms with Crippen molar-refractivity contribution in [3.8, 4) is 11.5 Å². The first kappa shape index (κ1) is 24.3. The van der Waals surface area contributed by atoms with Crippen LogP contribution in [0.3, 0.4) is 0 Å². The molecule has 2 amide bonds. The molecule has 1 saturated heterocycles. The fraction of sp³-hybridized carbons (Fsp3) is 0.375. The Morgan fingerprint density at radius 3 is 2.78 bits per heavy atom. The minimum absolute atomic E-state index is 0.0554. The van der Waals surface area contributed by atoms with Gasteiger partial charge in [-0.25, -0.2) is 9.97 Å². The maximum absolute atomic E-state index is 12.7. The lowest BCUT2D eigenvalue weighted by Gasteiger charge is -2.45. The van der Waals surface area contributed by atoms with Crippen molar-refractivity contribution in [2.24, 2.45) is 5.73 Å². The van der Waals surface area contributed by atoms with Gasteiger partial charge in [0.05, 0.1) is 25.0 Å². The van der Waals surface area contributed by atoms with E-state index in [1.165, 1.54) is 31.1 Å². The number of hydrogen-bond acceptors (Lipinski definition) is 11. The summed E-state index contributed by atoms with van der Waals surface area (Å²) in [6.45, 7) is 0.228. The molecule has 1 fully saturated rings. The number of fused-ring (bicyclic) bond motifs is 3. The third kappa shape index (κ3) is 4.60. The number of amides is 2. The smallest absolute Gasteiger partial charge is 0.323 e. The molecule has 2 N–H and O–H groups in total. The number of methoxy groups -OCH3 is 1. The lowest BCUT2D eigenvalue weighted by molar-refractivity contribution is -0.157. The van der Waals surface area contributed by atoms with Crippen molar-refractivity contribution in [2.75, 3.05) is 27.5 Å². The van der Waals surface area contributed by atoms with Gasteiger partial charge >= 0.3 is 5.97 Å². The van der Waals surface area contributed by atoms with Crippen molar-refractivity contribution in [1.82, 2.24) is 19.8 Å². The maximum Gasteiger partial charge on any atom is 0.323 e. The molecule has 1 unspecified atom stereocenters. The van der Waals surface area contributed by atoms with Crippen LogP contribution >= 0.6 is 0 Å². The van der Waals surface area contributed by atoms with Crippen molar-refractivity contribution in [2.45, 2.75) is 31.0 Å². The van der Waals surface area contributed by atoms with Gasteiger partial charge in [-0.05, 0) is 17.7 Å². The Bertz CT molecular complexity index is 1310. The van der Waals surface area contributed by atoms with E-state index in [-0.39, 0.29) is 25.2 Å². The molecule has 37 heavy (non-hydrogen) atoms. The highest BCUT2D eigenvalue weighted by Crippen LogP contribution is 2.42. The molecule has 194 valence electrons. The van der Waals surface area contributed by atoms with Crippen molar-refractivity contribution in [3.63, 3.8) is 0 Å². The Morgan fingerprint density at radius 1 is 1.22 bits per heavy atom. The number of likely N-dealkylation sites (N-methyl/N-ethyl adjacent to an activating group) is 1. The number of oxazole rings is 2. The molecule has 3 aromatic rings. The van der Waals surface area contributed by atoms with E-state index < -0.39 is 24.1 Å². The standard InChI is InChI=1S/C17H15N3O5.C7H10N2O3/c1-19-6-14(21)20-11(17(19)22)5-10-16(23-7-18-10)15(20)9-2-3-12-13(4-9)25-8-24-12;1-11-7(10)6(8)2-5-3-12-4-9-5/h2-4,7,11,15H,5-6,8H2,1H3;3-4,6H,2,8H2,1H3/t11-,15-;/m1./s1. The molecule has 2 aromatic heterocycles. The molecule has 0 aliphatic carbocycles. The summed E-state index contributed by atoms with van der Waals surface area (Å²) in [5, 5.41) is 0. The zero-order chi connectivity index (χ0) is 26.1. The zero-order valence-electron chi connectivity index (χ0n) is 20.2. The number of carbonyl (C=O) groups is 3. The van der Waals surface area contributed by atoms with Crippen molar-refractivity contribution in [1.29, 1.82) is 0 Å². The summed E-state index contributed by atoms with van der Waals surface area (Å²) in [7, 11) is 2.94. The maximum atomic E-state index is 12.7. The van der Waals surface area contributed by atoms with Gasteiger partial charge in [0.2, 0.25) is 18.6 Å². The number of piperazine rings is 1. The van der Waals surface area contributed by atoms with Crippen LogP contribution in [0, 0.1) is 0 Å². The molecule has 3 aliphatic heterocycles. The quantitative estimate of drug-likeness (QED) is 0.483. The zero-order valence-corrected chi connectivity index (χ0v) is 20.2. The first-order valence-electron chi connectivity index (χ1n) is 11.5. The number of esters is 1. The highest BCUT2D eigenvalue weighted by Gasteiger charge is 2.48. The Kier molecular flexibility index (Phi) is 6.53. The second kappa shape index (κ2) is 9.93. The SMILES string of the molecule is CN1CC(=O)N2[C@H](c3ccc4c(c3)OCO4)c3ocnc3C[C@@H]2C1=O.COC(=O)C(N)Cc1cocn1. The van der Waals surface area contributed by atoms with Crippen LogP contribution in [0.4, 0.5) is 0 Å². The Labute approximate surface area is 211 Å².